The zero-order chi connectivity index (χ0) is 13.1. The molecule has 0 aliphatic carbocycles. The van der Waals surface area contributed by atoms with Gasteiger partial charge in [0, 0.05) is 21.3 Å². The highest BCUT2D eigenvalue weighted by molar-refractivity contribution is 5.45. The highest BCUT2D eigenvalue weighted by Crippen LogP contribution is 2.38. The van der Waals surface area contributed by atoms with Crippen LogP contribution in [0.25, 0.3) is 0 Å². The van der Waals surface area contributed by atoms with Gasteiger partial charge in [0.1, 0.15) is 6.10 Å². The molecule has 0 N–H and O–H groups in total. The van der Waals surface area contributed by atoms with E-state index in [0.29, 0.717) is 11.5 Å². The molecular formula is C13H18O5. The van der Waals surface area contributed by atoms with Crippen molar-refractivity contribution in [2.75, 3.05) is 21.3 Å². The molecule has 1 aromatic carbocycles. The van der Waals surface area contributed by atoms with E-state index >= 15 is 0 Å². The summed E-state index contributed by atoms with van der Waals surface area (Å²) in [6.07, 6.45) is -0.195. The second-order valence-electron chi connectivity index (χ2n) is 4.06. The molecule has 2 rings (SSSR count). The standard InChI is InChI=1S/C13H18O5/c1-8(14-2)12(15-3)9-5-6-10-11(7-9)18-13(16-4)17-10/h5-8,12-13H,1-4H3/t8-,12-,13?/m0/s1. The fourth-order valence-corrected chi connectivity index (χ4v) is 1.94. The largest absolute Gasteiger partial charge is 0.428 e. The molecule has 0 aromatic heterocycles. The van der Waals surface area contributed by atoms with Crippen LogP contribution in [0.15, 0.2) is 18.2 Å². The molecule has 18 heavy (non-hydrogen) atoms. The van der Waals surface area contributed by atoms with Crippen molar-refractivity contribution in [3.63, 3.8) is 0 Å². The Kier molecular flexibility index (Phi) is 4.06. The molecule has 0 fully saturated rings. The first-order valence-corrected chi connectivity index (χ1v) is 5.75. The smallest absolute Gasteiger partial charge is 0.360 e. The minimum Gasteiger partial charge on any atom is -0.428 e. The molecule has 1 aromatic rings. The zero-order valence-electron chi connectivity index (χ0n) is 11.0. The molecule has 0 saturated carbocycles. The molecule has 0 bridgehead atoms. The first-order chi connectivity index (χ1) is 8.69. The van der Waals surface area contributed by atoms with Crippen LogP contribution in [0.1, 0.15) is 18.6 Å². The van der Waals surface area contributed by atoms with Gasteiger partial charge in [-0.05, 0) is 24.6 Å². The lowest BCUT2D eigenvalue weighted by Crippen LogP contribution is -2.19. The zero-order valence-corrected chi connectivity index (χ0v) is 11.0. The number of benzene rings is 1. The SMILES string of the molecule is COC1Oc2ccc([C@@H](OC)[C@H](C)OC)cc2O1. The van der Waals surface area contributed by atoms with Gasteiger partial charge in [0.05, 0.1) is 6.10 Å². The maximum Gasteiger partial charge on any atom is 0.360 e. The summed E-state index contributed by atoms with van der Waals surface area (Å²) < 4.78 is 26.6. The third-order valence-electron chi connectivity index (χ3n) is 2.99. The van der Waals surface area contributed by atoms with Crippen molar-refractivity contribution in [2.45, 2.75) is 25.6 Å². The van der Waals surface area contributed by atoms with Gasteiger partial charge >= 0.3 is 6.48 Å². The predicted molar refractivity (Wildman–Crippen MR) is 64.7 cm³/mol. The molecule has 1 aliphatic heterocycles. The second kappa shape index (κ2) is 5.56. The van der Waals surface area contributed by atoms with Gasteiger partial charge in [0.2, 0.25) is 0 Å². The average Bonchev–Trinajstić information content (AvgIpc) is 2.81. The van der Waals surface area contributed by atoms with Crippen LogP contribution in [0.5, 0.6) is 11.5 Å². The van der Waals surface area contributed by atoms with Gasteiger partial charge < -0.3 is 23.7 Å². The summed E-state index contributed by atoms with van der Waals surface area (Å²) >= 11 is 0. The summed E-state index contributed by atoms with van der Waals surface area (Å²) in [5.41, 5.74) is 0.978. The van der Waals surface area contributed by atoms with E-state index < -0.39 is 6.48 Å². The van der Waals surface area contributed by atoms with E-state index in [2.05, 4.69) is 0 Å². The molecule has 3 atom stereocenters. The van der Waals surface area contributed by atoms with E-state index in [4.69, 9.17) is 23.7 Å². The fraction of sp³-hybridized carbons (Fsp3) is 0.538. The number of fused-ring (bicyclic) bond motifs is 1. The lowest BCUT2D eigenvalue weighted by atomic mass is 10.0. The summed E-state index contributed by atoms with van der Waals surface area (Å²) in [5, 5.41) is 0. The Morgan fingerprint density at radius 2 is 1.78 bits per heavy atom. The van der Waals surface area contributed by atoms with Crippen molar-refractivity contribution in [2.24, 2.45) is 0 Å². The Labute approximate surface area is 107 Å². The molecule has 0 spiro atoms. The van der Waals surface area contributed by atoms with E-state index in [1.54, 1.807) is 14.2 Å². The number of ether oxygens (including phenoxy) is 5. The van der Waals surface area contributed by atoms with Gasteiger partial charge in [-0.15, -0.1) is 0 Å². The van der Waals surface area contributed by atoms with Gasteiger partial charge in [-0.3, -0.25) is 0 Å². The highest BCUT2D eigenvalue weighted by Gasteiger charge is 2.26. The first-order valence-electron chi connectivity index (χ1n) is 5.75. The lowest BCUT2D eigenvalue weighted by molar-refractivity contribution is -0.157. The molecule has 1 heterocycles. The van der Waals surface area contributed by atoms with Gasteiger partial charge in [-0.25, -0.2) is 0 Å². The highest BCUT2D eigenvalue weighted by atomic mass is 16.9. The third kappa shape index (κ3) is 2.43. The molecule has 5 heteroatoms. The number of rotatable bonds is 5. The molecule has 100 valence electrons. The van der Waals surface area contributed by atoms with Crippen molar-refractivity contribution >= 4 is 0 Å². The summed E-state index contributed by atoms with van der Waals surface area (Å²) in [6, 6.07) is 5.67. The normalized spacial score (nSPS) is 20.8. The van der Waals surface area contributed by atoms with Gasteiger partial charge in [0.15, 0.2) is 11.5 Å². The summed E-state index contributed by atoms with van der Waals surface area (Å²) in [6.45, 7) is 1.28. The molecule has 0 radical (unpaired) electrons. The fourth-order valence-electron chi connectivity index (χ4n) is 1.94. The van der Waals surface area contributed by atoms with Crippen LogP contribution < -0.4 is 9.47 Å². The van der Waals surface area contributed by atoms with Crippen molar-refractivity contribution in [1.29, 1.82) is 0 Å². The van der Waals surface area contributed by atoms with Crippen LogP contribution in [0.4, 0.5) is 0 Å². The second-order valence-corrected chi connectivity index (χ2v) is 4.06. The van der Waals surface area contributed by atoms with E-state index in [1.165, 1.54) is 7.11 Å². The predicted octanol–water partition coefficient (Wildman–Crippen LogP) is 2.11. The summed E-state index contributed by atoms with van der Waals surface area (Å²) in [5.74, 6) is 1.33. The van der Waals surface area contributed by atoms with Crippen LogP contribution >= 0.6 is 0 Å². The Morgan fingerprint density at radius 3 is 2.39 bits per heavy atom. The first kappa shape index (κ1) is 13.1. The van der Waals surface area contributed by atoms with Crippen molar-refractivity contribution in [3.05, 3.63) is 23.8 Å². The van der Waals surface area contributed by atoms with Crippen molar-refractivity contribution < 1.29 is 23.7 Å². The Morgan fingerprint density at radius 1 is 1.06 bits per heavy atom. The molecule has 1 aliphatic rings. The van der Waals surface area contributed by atoms with E-state index in [0.717, 1.165) is 5.56 Å². The van der Waals surface area contributed by atoms with Crippen LogP contribution in [-0.2, 0) is 14.2 Å². The monoisotopic (exact) mass is 254 g/mol. The van der Waals surface area contributed by atoms with E-state index in [9.17, 15) is 0 Å². The third-order valence-corrected chi connectivity index (χ3v) is 2.99. The van der Waals surface area contributed by atoms with Gasteiger partial charge in [-0.1, -0.05) is 6.07 Å². The molecule has 0 saturated heterocycles. The van der Waals surface area contributed by atoms with Crippen LogP contribution in [0.3, 0.4) is 0 Å². The van der Waals surface area contributed by atoms with Gasteiger partial charge in [0.25, 0.3) is 0 Å². The van der Waals surface area contributed by atoms with Crippen molar-refractivity contribution in [1.82, 2.24) is 0 Å². The molecule has 5 nitrogen and oxygen atoms in total. The summed E-state index contributed by atoms with van der Waals surface area (Å²) in [4.78, 5) is 0. The number of hydrogen-bond donors (Lipinski definition) is 0. The van der Waals surface area contributed by atoms with Crippen LogP contribution in [-0.4, -0.2) is 33.9 Å². The quantitative estimate of drug-likeness (QED) is 0.805. The topological polar surface area (TPSA) is 46.2 Å². The lowest BCUT2D eigenvalue weighted by Gasteiger charge is -2.21. The minimum absolute atomic E-state index is 0.0476. The molecular weight excluding hydrogens is 236 g/mol. The van der Waals surface area contributed by atoms with E-state index in [-0.39, 0.29) is 12.2 Å². The summed E-state index contributed by atoms with van der Waals surface area (Å²) in [7, 11) is 4.84. The van der Waals surface area contributed by atoms with E-state index in [1.807, 2.05) is 25.1 Å². The Hall–Kier alpha value is -1.30. The maximum atomic E-state index is 5.46. The number of hydrogen-bond acceptors (Lipinski definition) is 5. The molecule has 0 amide bonds. The number of methoxy groups -OCH3 is 3. The minimum atomic E-state index is -0.670. The average molecular weight is 254 g/mol. The van der Waals surface area contributed by atoms with Crippen molar-refractivity contribution in [3.8, 4) is 11.5 Å². The maximum absolute atomic E-state index is 5.46. The Balaban J connectivity index is 2.22. The van der Waals surface area contributed by atoms with Crippen LogP contribution in [0.2, 0.25) is 0 Å². The molecule has 1 unspecified atom stereocenters. The van der Waals surface area contributed by atoms with Gasteiger partial charge in [-0.2, -0.15) is 0 Å². The van der Waals surface area contributed by atoms with Crippen LogP contribution in [0, 0.1) is 0 Å². The Bertz CT molecular complexity index is 406.